The third-order valence-electron chi connectivity index (χ3n) is 4.29. The minimum absolute atomic E-state index is 0.0945. The summed E-state index contributed by atoms with van der Waals surface area (Å²) in [5.74, 6) is -0.818. The summed E-state index contributed by atoms with van der Waals surface area (Å²) in [6, 6.07) is 12.9. The molecule has 1 fully saturated rings. The van der Waals surface area contributed by atoms with E-state index >= 15 is 0 Å². The van der Waals surface area contributed by atoms with Gasteiger partial charge in [-0.3, -0.25) is 4.79 Å². The molecule has 1 aliphatic rings. The van der Waals surface area contributed by atoms with Gasteiger partial charge in [-0.05, 0) is 42.5 Å². The van der Waals surface area contributed by atoms with Crippen molar-refractivity contribution in [2.75, 3.05) is 38.2 Å². The number of nitrogens with zero attached hydrogens (tertiary/aromatic N) is 2. The molecule has 0 radical (unpaired) electrons. The van der Waals surface area contributed by atoms with E-state index in [1.807, 2.05) is 12.1 Å². The van der Waals surface area contributed by atoms with Crippen LogP contribution in [0, 0.1) is 5.82 Å². The van der Waals surface area contributed by atoms with E-state index in [0.29, 0.717) is 37.3 Å². The zero-order valence-corrected chi connectivity index (χ0v) is 13.9. The van der Waals surface area contributed by atoms with E-state index in [-0.39, 0.29) is 17.7 Å². The number of carbonyl (C=O) groups excluding carboxylic acids is 2. The lowest BCUT2D eigenvalue weighted by atomic mass is 10.1. The maximum Gasteiger partial charge on any atom is 0.337 e. The fraction of sp³-hybridized carbons (Fsp3) is 0.263. The molecule has 1 heterocycles. The van der Waals surface area contributed by atoms with Gasteiger partial charge in [0.2, 0.25) is 0 Å². The minimum atomic E-state index is -0.369. The average Bonchev–Trinajstić information content (AvgIpc) is 2.67. The number of benzene rings is 2. The van der Waals surface area contributed by atoms with Crippen LogP contribution < -0.4 is 4.90 Å². The molecule has 2 aromatic carbocycles. The fourth-order valence-corrected chi connectivity index (χ4v) is 2.89. The van der Waals surface area contributed by atoms with Gasteiger partial charge in [-0.2, -0.15) is 0 Å². The largest absolute Gasteiger partial charge is 0.465 e. The smallest absolute Gasteiger partial charge is 0.337 e. The molecule has 3 rings (SSSR count). The molecule has 6 heteroatoms. The molecule has 130 valence electrons. The molecule has 25 heavy (non-hydrogen) atoms. The molecule has 1 saturated heterocycles. The molecule has 0 unspecified atom stereocenters. The van der Waals surface area contributed by atoms with E-state index < -0.39 is 0 Å². The quantitative estimate of drug-likeness (QED) is 0.805. The van der Waals surface area contributed by atoms with E-state index in [1.165, 1.54) is 31.4 Å². The SMILES string of the molecule is COC(=O)c1cccc(N2CCN(C(=O)c3ccc(F)cc3)CC2)c1. The van der Waals surface area contributed by atoms with Gasteiger partial charge in [0.15, 0.2) is 0 Å². The van der Waals surface area contributed by atoms with Gasteiger partial charge in [0, 0.05) is 37.4 Å². The van der Waals surface area contributed by atoms with Crippen LogP contribution in [0.15, 0.2) is 48.5 Å². The van der Waals surface area contributed by atoms with Crippen LogP contribution >= 0.6 is 0 Å². The molecule has 0 aromatic heterocycles. The first-order valence-electron chi connectivity index (χ1n) is 8.06. The molecule has 5 nitrogen and oxygen atoms in total. The van der Waals surface area contributed by atoms with Crippen molar-refractivity contribution in [3.63, 3.8) is 0 Å². The lowest BCUT2D eigenvalue weighted by molar-refractivity contribution is 0.0600. The zero-order chi connectivity index (χ0) is 17.8. The molecule has 0 saturated carbocycles. The van der Waals surface area contributed by atoms with Gasteiger partial charge in [0.05, 0.1) is 12.7 Å². The highest BCUT2D eigenvalue weighted by Gasteiger charge is 2.22. The van der Waals surface area contributed by atoms with E-state index in [1.54, 1.807) is 17.0 Å². The van der Waals surface area contributed by atoms with E-state index in [2.05, 4.69) is 4.90 Å². The number of rotatable bonds is 3. The third kappa shape index (κ3) is 3.79. The molecular formula is C19H19FN2O3. The van der Waals surface area contributed by atoms with Crippen LogP contribution in [0.1, 0.15) is 20.7 Å². The van der Waals surface area contributed by atoms with Crippen molar-refractivity contribution in [3.05, 3.63) is 65.5 Å². The maximum absolute atomic E-state index is 13.0. The van der Waals surface area contributed by atoms with Crippen LogP contribution in [0.25, 0.3) is 0 Å². The van der Waals surface area contributed by atoms with Gasteiger partial charge < -0.3 is 14.5 Å². The second kappa shape index (κ2) is 7.34. The van der Waals surface area contributed by atoms with Gasteiger partial charge >= 0.3 is 5.97 Å². The molecule has 1 amide bonds. The number of anilines is 1. The Morgan fingerprint density at radius 3 is 2.28 bits per heavy atom. The first-order valence-corrected chi connectivity index (χ1v) is 8.06. The Morgan fingerprint density at radius 2 is 1.64 bits per heavy atom. The molecule has 0 spiro atoms. The predicted octanol–water partition coefficient (Wildman–Crippen LogP) is 2.57. The second-order valence-electron chi connectivity index (χ2n) is 5.83. The van der Waals surface area contributed by atoms with Gasteiger partial charge in [0.25, 0.3) is 5.91 Å². The summed E-state index contributed by atoms with van der Waals surface area (Å²) in [6.07, 6.45) is 0. The van der Waals surface area contributed by atoms with Crippen molar-refractivity contribution in [2.45, 2.75) is 0 Å². The number of hydrogen-bond donors (Lipinski definition) is 0. The summed E-state index contributed by atoms with van der Waals surface area (Å²) in [4.78, 5) is 28.0. The van der Waals surface area contributed by atoms with Crippen molar-refractivity contribution in [3.8, 4) is 0 Å². The molecule has 0 atom stereocenters. The van der Waals surface area contributed by atoms with Crippen LogP contribution in [0.4, 0.5) is 10.1 Å². The van der Waals surface area contributed by atoms with Crippen LogP contribution in [-0.4, -0.2) is 50.1 Å². The number of methoxy groups -OCH3 is 1. The molecule has 1 aliphatic heterocycles. The first-order chi connectivity index (χ1) is 12.1. The molecule has 0 bridgehead atoms. The highest BCUT2D eigenvalue weighted by Crippen LogP contribution is 2.19. The first kappa shape index (κ1) is 17.0. The van der Waals surface area contributed by atoms with E-state index in [4.69, 9.17) is 4.74 Å². The third-order valence-corrected chi connectivity index (χ3v) is 4.29. The van der Waals surface area contributed by atoms with Gasteiger partial charge in [-0.15, -0.1) is 0 Å². The predicted molar refractivity (Wildman–Crippen MR) is 92.3 cm³/mol. The van der Waals surface area contributed by atoms with E-state index in [9.17, 15) is 14.0 Å². The number of piperazine rings is 1. The summed E-state index contributed by atoms with van der Waals surface area (Å²) >= 11 is 0. The zero-order valence-electron chi connectivity index (χ0n) is 13.9. The highest BCUT2D eigenvalue weighted by molar-refractivity contribution is 5.94. The van der Waals surface area contributed by atoms with Gasteiger partial charge in [0.1, 0.15) is 5.82 Å². The Bertz CT molecular complexity index is 768. The van der Waals surface area contributed by atoms with E-state index in [0.717, 1.165) is 5.69 Å². The fourth-order valence-electron chi connectivity index (χ4n) is 2.89. The van der Waals surface area contributed by atoms with Crippen molar-refractivity contribution >= 4 is 17.6 Å². The van der Waals surface area contributed by atoms with Gasteiger partial charge in [-0.1, -0.05) is 6.07 Å². The van der Waals surface area contributed by atoms with Crippen LogP contribution in [-0.2, 0) is 4.74 Å². The second-order valence-corrected chi connectivity index (χ2v) is 5.83. The number of ether oxygens (including phenoxy) is 1. The van der Waals surface area contributed by atoms with Crippen LogP contribution in [0.5, 0.6) is 0 Å². The monoisotopic (exact) mass is 342 g/mol. The summed E-state index contributed by atoms with van der Waals surface area (Å²) in [6.45, 7) is 2.46. The standard InChI is InChI=1S/C19H19FN2O3/c1-25-19(24)15-3-2-4-17(13-15)21-9-11-22(12-10-21)18(23)14-5-7-16(20)8-6-14/h2-8,13H,9-12H2,1H3. The molecule has 0 N–H and O–H groups in total. The summed E-state index contributed by atoms with van der Waals surface area (Å²) in [5, 5.41) is 0. The normalized spacial score (nSPS) is 14.3. The molecule has 0 aliphatic carbocycles. The number of amides is 1. The Balaban J connectivity index is 1.65. The summed E-state index contributed by atoms with van der Waals surface area (Å²) < 4.78 is 17.7. The highest BCUT2D eigenvalue weighted by atomic mass is 19.1. The van der Waals surface area contributed by atoms with Crippen molar-refractivity contribution in [1.82, 2.24) is 4.90 Å². The topological polar surface area (TPSA) is 49.9 Å². The Labute approximate surface area is 145 Å². The molecule has 2 aromatic rings. The van der Waals surface area contributed by atoms with Crippen molar-refractivity contribution < 1.29 is 18.7 Å². The Morgan fingerprint density at radius 1 is 0.960 bits per heavy atom. The molecular weight excluding hydrogens is 323 g/mol. The number of hydrogen-bond acceptors (Lipinski definition) is 4. The number of carbonyl (C=O) groups is 2. The van der Waals surface area contributed by atoms with Gasteiger partial charge in [-0.25, -0.2) is 9.18 Å². The lowest BCUT2D eigenvalue weighted by Gasteiger charge is -2.36. The van der Waals surface area contributed by atoms with Crippen molar-refractivity contribution in [2.24, 2.45) is 0 Å². The lowest BCUT2D eigenvalue weighted by Crippen LogP contribution is -2.48. The average molecular weight is 342 g/mol. The van der Waals surface area contributed by atoms with Crippen molar-refractivity contribution in [1.29, 1.82) is 0 Å². The van der Waals surface area contributed by atoms with Crippen LogP contribution in [0.3, 0.4) is 0 Å². The Hall–Kier alpha value is -2.89. The van der Waals surface area contributed by atoms with Crippen LogP contribution in [0.2, 0.25) is 0 Å². The number of halogens is 1. The Kier molecular flexibility index (Phi) is 4.97. The maximum atomic E-state index is 13.0. The number of esters is 1. The summed E-state index contributed by atoms with van der Waals surface area (Å²) in [5.41, 5.74) is 1.92. The minimum Gasteiger partial charge on any atom is -0.465 e. The summed E-state index contributed by atoms with van der Waals surface area (Å²) in [7, 11) is 1.36.